The number of hydrogen-bond acceptors (Lipinski definition) is 5. The number of likely N-dealkylation sites (tertiary alicyclic amines) is 1. The van der Waals surface area contributed by atoms with Crippen molar-refractivity contribution < 1.29 is 14.6 Å². The molecule has 0 aliphatic carbocycles. The molecule has 2 saturated heterocycles. The number of carboxylic acids is 1. The third kappa shape index (κ3) is 5.27. The summed E-state index contributed by atoms with van der Waals surface area (Å²) in [6, 6.07) is 15.2. The van der Waals surface area contributed by atoms with Crippen molar-refractivity contribution in [2.45, 2.75) is 25.5 Å². The van der Waals surface area contributed by atoms with Crippen molar-refractivity contribution in [2.75, 3.05) is 52.4 Å². The van der Waals surface area contributed by atoms with Gasteiger partial charge in [-0.05, 0) is 49.7 Å². The SMILES string of the molecule is O=C(O)[C@@H](c1c[nH]c2ccc(OCc3ccccc3)cc12)N1CCN(CCN2CCCC2)CC1. The van der Waals surface area contributed by atoms with Crippen molar-refractivity contribution in [1.82, 2.24) is 19.7 Å². The van der Waals surface area contributed by atoms with Gasteiger partial charge in [0, 0.05) is 61.9 Å². The minimum absolute atomic E-state index is 0.480. The topological polar surface area (TPSA) is 72.0 Å². The standard InChI is InChI=1S/C27H34N4O3/c32-27(33)26(31-16-14-30(15-17-31)13-12-29-10-4-5-11-29)24-19-28-25-9-8-22(18-23(24)25)34-20-21-6-2-1-3-7-21/h1-3,6-9,18-19,26,28H,4-5,10-17,20H2,(H,32,33)/t26-/m1/s1. The smallest absolute Gasteiger partial charge is 0.325 e. The molecule has 2 aliphatic heterocycles. The van der Waals surface area contributed by atoms with Gasteiger partial charge in [0.15, 0.2) is 0 Å². The predicted molar refractivity (Wildman–Crippen MR) is 133 cm³/mol. The molecule has 7 nitrogen and oxygen atoms in total. The van der Waals surface area contributed by atoms with Gasteiger partial charge in [0.2, 0.25) is 0 Å². The van der Waals surface area contributed by atoms with Crippen LogP contribution >= 0.6 is 0 Å². The molecular formula is C27H34N4O3. The van der Waals surface area contributed by atoms with Gasteiger partial charge < -0.3 is 19.7 Å². The average molecular weight is 463 g/mol. The predicted octanol–water partition coefficient (Wildman–Crippen LogP) is 3.59. The van der Waals surface area contributed by atoms with Crippen LogP contribution in [0.4, 0.5) is 0 Å². The first-order valence-corrected chi connectivity index (χ1v) is 12.4. The summed E-state index contributed by atoms with van der Waals surface area (Å²) >= 11 is 0. The van der Waals surface area contributed by atoms with Crippen molar-refractivity contribution in [3.8, 4) is 5.75 Å². The van der Waals surface area contributed by atoms with Crippen LogP contribution in [-0.4, -0.2) is 83.1 Å². The van der Waals surface area contributed by atoms with Gasteiger partial charge in [-0.15, -0.1) is 0 Å². The number of aliphatic carboxylic acids is 1. The number of piperazine rings is 1. The van der Waals surface area contributed by atoms with E-state index in [4.69, 9.17) is 4.74 Å². The van der Waals surface area contributed by atoms with Crippen molar-refractivity contribution in [3.63, 3.8) is 0 Å². The zero-order valence-electron chi connectivity index (χ0n) is 19.7. The summed E-state index contributed by atoms with van der Waals surface area (Å²) in [4.78, 5) is 22.8. The van der Waals surface area contributed by atoms with E-state index in [0.29, 0.717) is 6.61 Å². The molecule has 0 spiro atoms. The molecule has 0 radical (unpaired) electrons. The number of carbonyl (C=O) groups is 1. The molecule has 7 heteroatoms. The maximum absolute atomic E-state index is 12.4. The van der Waals surface area contributed by atoms with Crippen molar-refractivity contribution in [2.24, 2.45) is 0 Å². The quantitative estimate of drug-likeness (QED) is 0.507. The third-order valence-electron chi connectivity index (χ3n) is 7.17. The normalized spacial score (nSPS) is 18.9. The third-order valence-corrected chi connectivity index (χ3v) is 7.17. The molecule has 2 fully saturated rings. The molecule has 2 N–H and O–H groups in total. The summed E-state index contributed by atoms with van der Waals surface area (Å²) in [5.41, 5.74) is 2.83. The molecule has 3 heterocycles. The minimum atomic E-state index is -0.804. The van der Waals surface area contributed by atoms with E-state index in [1.165, 1.54) is 25.9 Å². The van der Waals surface area contributed by atoms with Gasteiger partial charge in [-0.25, -0.2) is 0 Å². The van der Waals surface area contributed by atoms with Crippen LogP contribution in [0.15, 0.2) is 54.7 Å². The fraction of sp³-hybridized carbons (Fsp3) is 0.444. The van der Waals surface area contributed by atoms with E-state index in [1.807, 2.05) is 54.7 Å². The van der Waals surface area contributed by atoms with Gasteiger partial charge in [0.05, 0.1) is 0 Å². The summed E-state index contributed by atoms with van der Waals surface area (Å²) in [6.07, 6.45) is 4.49. The highest BCUT2D eigenvalue weighted by atomic mass is 16.5. The Morgan fingerprint density at radius 3 is 2.35 bits per heavy atom. The number of nitrogens with one attached hydrogen (secondary N) is 1. The molecule has 0 amide bonds. The summed E-state index contributed by atoms with van der Waals surface area (Å²) < 4.78 is 6.01. The van der Waals surface area contributed by atoms with Gasteiger partial charge in [-0.1, -0.05) is 30.3 Å². The van der Waals surface area contributed by atoms with Gasteiger partial charge in [0.25, 0.3) is 0 Å². The van der Waals surface area contributed by atoms with E-state index < -0.39 is 12.0 Å². The molecule has 2 aromatic carbocycles. The number of benzene rings is 2. The lowest BCUT2D eigenvalue weighted by Crippen LogP contribution is -2.50. The van der Waals surface area contributed by atoms with Gasteiger partial charge >= 0.3 is 5.97 Å². The second-order valence-electron chi connectivity index (χ2n) is 9.39. The summed E-state index contributed by atoms with van der Waals surface area (Å²) in [5.74, 6) is -0.0601. The molecule has 5 rings (SSSR count). The van der Waals surface area contributed by atoms with E-state index in [-0.39, 0.29) is 0 Å². The number of fused-ring (bicyclic) bond motifs is 1. The molecule has 0 unspecified atom stereocenters. The Balaban J connectivity index is 1.26. The number of carboxylic acid groups (broad SMARTS) is 1. The summed E-state index contributed by atoms with van der Waals surface area (Å²) in [6.45, 7) is 8.45. The molecular weight excluding hydrogens is 428 g/mol. The number of rotatable bonds is 9. The highest BCUT2D eigenvalue weighted by Gasteiger charge is 2.32. The molecule has 2 aliphatic rings. The van der Waals surface area contributed by atoms with E-state index in [2.05, 4.69) is 19.7 Å². The lowest BCUT2D eigenvalue weighted by Gasteiger charge is -2.38. The molecule has 180 valence electrons. The number of aromatic nitrogens is 1. The Kier molecular flexibility index (Phi) is 7.13. The zero-order chi connectivity index (χ0) is 23.3. The van der Waals surface area contributed by atoms with Gasteiger partial charge in [-0.3, -0.25) is 14.6 Å². The number of nitrogens with zero attached hydrogens (tertiary/aromatic N) is 3. The van der Waals surface area contributed by atoms with Crippen LogP contribution in [0.25, 0.3) is 10.9 Å². The fourth-order valence-corrected chi connectivity index (χ4v) is 5.20. The Morgan fingerprint density at radius 1 is 0.941 bits per heavy atom. The molecule has 34 heavy (non-hydrogen) atoms. The van der Waals surface area contributed by atoms with Crippen LogP contribution in [0.3, 0.4) is 0 Å². The first-order chi connectivity index (χ1) is 16.7. The Labute approximate surface area is 200 Å². The highest BCUT2D eigenvalue weighted by molar-refractivity contribution is 5.90. The lowest BCUT2D eigenvalue weighted by atomic mass is 10.0. The van der Waals surface area contributed by atoms with Crippen LogP contribution in [0, 0.1) is 0 Å². The monoisotopic (exact) mass is 462 g/mol. The van der Waals surface area contributed by atoms with Crippen LogP contribution in [0.5, 0.6) is 5.75 Å². The second-order valence-corrected chi connectivity index (χ2v) is 9.39. The molecule has 0 bridgehead atoms. The molecule has 0 saturated carbocycles. The maximum atomic E-state index is 12.4. The van der Waals surface area contributed by atoms with E-state index in [9.17, 15) is 9.90 Å². The van der Waals surface area contributed by atoms with Gasteiger partial charge in [-0.2, -0.15) is 0 Å². The fourth-order valence-electron chi connectivity index (χ4n) is 5.20. The maximum Gasteiger partial charge on any atom is 0.325 e. The zero-order valence-corrected chi connectivity index (χ0v) is 19.7. The lowest BCUT2D eigenvalue weighted by molar-refractivity contribution is -0.144. The van der Waals surface area contributed by atoms with Crippen molar-refractivity contribution in [3.05, 3.63) is 65.9 Å². The number of H-pyrrole nitrogens is 1. The van der Waals surface area contributed by atoms with Crippen LogP contribution < -0.4 is 4.74 Å². The number of hydrogen-bond donors (Lipinski definition) is 2. The minimum Gasteiger partial charge on any atom is -0.489 e. The first kappa shape index (κ1) is 22.9. The van der Waals surface area contributed by atoms with Crippen LogP contribution in [0.2, 0.25) is 0 Å². The van der Waals surface area contributed by atoms with Crippen molar-refractivity contribution in [1.29, 1.82) is 0 Å². The molecule has 1 atom stereocenters. The van der Waals surface area contributed by atoms with Gasteiger partial charge in [0.1, 0.15) is 18.4 Å². The molecule has 3 aromatic rings. The largest absolute Gasteiger partial charge is 0.489 e. The Hall–Kier alpha value is -2.87. The average Bonchev–Trinajstić information content (AvgIpc) is 3.53. The van der Waals surface area contributed by atoms with Crippen LogP contribution in [-0.2, 0) is 11.4 Å². The Bertz CT molecular complexity index is 1090. The number of aromatic amines is 1. The van der Waals surface area contributed by atoms with Crippen LogP contribution in [0.1, 0.15) is 30.0 Å². The van der Waals surface area contributed by atoms with E-state index in [0.717, 1.165) is 67.0 Å². The highest BCUT2D eigenvalue weighted by Crippen LogP contribution is 2.32. The second kappa shape index (κ2) is 10.6. The Morgan fingerprint density at radius 2 is 1.65 bits per heavy atom. The first-order valence-electron chi connectivity index (χ1n) is 12.4. The van der Waals surface area contributed by atoms with E-state index >= 15 is 0 Å². The molecule has 1 aromatic heterocycles. The number of ether oxygens (including phenoxy) is 1. The summed E-state index contributed by atoms with van der Waals surface area (Å²) in [7, 11) is 0. The summed E-state index contributed by atoms with van der Waals surface area (Å²) in [5, 5.41) is 11.1. The van der Waals surface area contributed by atoms with E-state index in [1.54, 1.807) is 0 Å². The van der Waals surface area contributed by atoms with Crippen molar-refractivity contribution >= 4 is 16.9 Å².